The normalized spacial score (nSPS) is 10.6. The highest BCUT2D eigenvalue weighted by atomic mass is 32.2. The lowest BCUT2D eigenvalue weighted by Gasteiger charge is -2.17. The van der Waals surface area contributed by atoms with Crippen LogP contribution in [0.4, 0.5) is 4.39 Å². The summed E-state index contributed by atoms with van der Waals surface area (Å²) in [6, 6.07) is 14.9. The van der Waals surface area contributed by atoms with Crippen molar-refractivity contribution in [1.82, 2.24) is 4.90 Å². The van der Waals surface area contributed by atoms with Crippen molar-refractivity contribution >= 4 is 11.8 Å². The van der Waals surface area contributed by atoms with Crippen LogP contribution < -0.4 is 0 Å². The molecule has 0 saturated carbocycles. The number of halogens is 1. The van der Waals surface area contributed by atoms with Crippen molar-refractivity contribution in [1.29, 1.82) is 5.26 Å². The molecule has 2 rings (SSSR count). The summed E-state index contributed by atoms with van der Waals surface area (Å²) in [5, 5.41) is 8.88. The lowest BCUT2D eigenvalue weighted by atomic mass is 10.1. The van der Waals surface area contributed by atoms with E-state index in [0.717, 1.165) is 6.54 Å². The summed E-state index contributed by atoms with van der Waals surface area (Å²) in [6.45, 7) is 1.22. The maximum atomic E-state index is 13.8. The van der Waals surface area contributed by atoms with Crippen LogP contribution in [0.2, 0.25) is 0 Å². The molecular weight excluding hydrogens is 283 g/mol. The van der Waals surface area contributed by atoms with Gasteiger partial charge < -0.3 is 0 Å². The molecule has 108 valence electrons. The Morgan fingerprint density at radius 2 is 1.86 bits per heavy atom. The molecule has 0 spiro atoms. The highest BCUT2D eigenvalue weighted by molar-refractivity contribution is 7.98. The van der Waals surface area contributed by atoms with E-state index in [4.69, 9.17) is 5.26 Å². The van der Waals surface area contributed by atoms with Gasteiger partial charge >= 0.3 is 0 Å². The minimum Gasteiger partial charge on any atom is -0.298 e. The molecule has 0 atom stereocenters. The predicted molar refractivity (Wildman–Crippen MR) is 84.5 cm³/mol. The summed E-state index contributed by atoms with van der Waals surface area (Å²) in [7, 11) is 1.95. The van der Waals surface area contributed by atoms with Gasteiger partial charge in [0.2, 0.25) is 0 Å². The standard InChI is InChI=1S/C17H17FN2S/c1-20(11-13-3-6-16(21-2)7-4-13)12-15-9-14(10-19)5-8-17(15)18/h3-9H,11-12H2,1-2H3. The van der Waals surface area contributed by atoms with Crippen LogP contribution in [0.5, 0.6) is 0 Å². The molecule has 21 heavy (non-hydrogen) atoms. The first-order valence-corrected chi connectivity index (χ1v) is 7.85. The van der Waals surface area contributed by atoms with Crippen LogP contribution in [0, 0.1) is 17.1 Å². The van der Waals surface area contributed by atoms with Crippen LogP contribution in [0.1, 0.15) is 16.7 Å². The maximum Gasteiger partial charge on any atom is 0.127 e. The van der Waals surface area contributed by atoms with Crippen molar-refractivity contribution in [3.8, 4) is 6.07 Å². The fraction of sp³-hybridized carbons (Fsp3) is 0.235. The zero-order chi connectivity index (χ0) is 15.2. The van der Waals surface area contributed by atoms with Gasteiger partial charge in [-0.2, -0.15) is 5.26 Å². The van der Waals surface area contributed by atoms with E-state index in [1.807, 2.05) is 24.3 Å². The van der Waals surface area contributed by atoms with Crippen LogP contribution in [-0.2, 0) is 13.1 Å². The number of rotatable bonds is 5. The first kappa shape index (κ1) is 15.6. The lowest BCUT2D eigenvalue weighted by molar-refractivity contribution is 0.313. The molecule has 4 heteroatoms. The van der Waals surface area contributed by atoms with Gasteiger partial charge in [-0.25, -0.2) is 4.39 Å². The minimum absolute atomic E-state index is 0.265. The van der Waals surface area contributed by atoms with E-state index in [9.17, 15) is 4.39 Å². The van der Waals surface area contributed by atoms with Crippen LogP contribution in [0.15, 0.2) is 47.4 Å². The Labute approximate surface area is 129 Å². The summed E-state index contributed by atoms with van der Waals surface area (Å²) in [5.74, 6) is -0.265. The lowest BCUT2D eigenvalue weighted by Crippen LogP contribution is -2.18. The minimum atomic E-state index is -0.265. The van der Waals surface area contributed by atoms with Crippen molar-refractivity contribution in [3.63, 3.8) is 0 Å². The smallest absolute Gasteiger partial charge is 0.127 e. The van der Waals surface area contributed by atoms with Crippen LogP contribution >= 0.6 is 11.8 Å². The van der Waals surface area contributed by atoms with E-state index in [2.05, 4.69) is 24.3 Å². The summed E-state index contributed by atoms with van der Waals surface area (Å²) in [5.41, 5.74) is 2.23. The van der Waals surface area contributed by atoms with Gasteiger partial charge in [-0.15, -0.1) is 11.8 Å². The van der Waals surface area contributed by atoms with Crippen LogP contribution in [-0.4, -0.2) is 18.2 Å². The average Bonchev–Trinajstić information content (AvgIpc) is 2.50. The Balaban J connectivity index is 2.04. The Morgan fingerprint density at radius 3 is 2.48 bits per heavy atom. The third-order valence-electron chi connectivity index (χ3n) is 3.23. The van der Waals surface area contributed by atoms with Gasteiger partial charge in [-0.3, -0.25) is 4.90 Å². The van der Waals surface area contributed by atoms with Crippen molar-refractivity contribution < 1.29 is 4.39 Å². The second-order valence-electron chi connectivity index (χ2n) is 4.94. The topological polar surface area (TPSA) is 27.0 Å². The number of thioether (sulfide) groups is 1. The number of benzene rings is 2. The molecule has 0 saturated heterocycles. The van der Waals surface area contributed by atoms with E-state index in [1.54, 1.807) is 17.8 Å². The highest BCUT2D eigenvalue weighted by Gasteiger charge is 2.08. The van der Waals surface area contributed by atoms with Gasteiger partial charge in [0, 0.05) is 23.5 Å². The van der Waals surface area contributed by atoms with Crippen molar-refractivity contribution in [2.75, 3.05) is 13.3 Å². The molecule has 0 N–H and O–H groups in total. The molecule has 0 aliphatic carbocycles. The van der Waals surface area contributed by atoms with E-state index in [1.165, 1.54) is 22.6 Å². The van der Waals surface area contributed by atoms with E-state index in [-0.39, 0.29) is 5.82 Å². The molecule has 0 unspecified atom stereocenters. The number of nitriles is 1. The third kappa shape index (κ3) is 4.32. The molecule has 0 aliphatic heterocycles. The molecule has 2 aromatic carbocycles. The van der Waals surface area contributed by atoms with E-state index < -0.39 is 0 Å². The Hall–Kier alpha value is -1.83. The Morgan fingerprint density at radius 1 is 1.14 bits per heavy atom. The number of hydrogen-bond acceptors (Lipinski definition) is 3. The SMILES string of the molecule is CSc1ccc(CN(C)Cc2cc(C#N)ccc2F)cc1. The van der Waals surface area contributed by atoms with Gasteiger partial charge in [-0.05, 0) is 49.2 Å². The van der Waals surface area contributed by atoms with E-state index in [0.29, 0.717) is 17.7 Å². The summed E-state index contributed by atoms with van der Waals surface area (Å²) < 4.78 is 13.8. The quantitative estimate of drug-likeness (QED) is 0.779. The molecule has 0 aliphatic rings. The van der Waals surface area contributed by atoms with Crippen LogP contribution in [0.25, 0.3) is 0 Å². The second-order valence-corrected chi connectivity index (χ2v) is 5.82. The van der Waals surface area contributed by atoms with Crippen molar-refractivity contribution in [2.24, 2.45) is 0 Å². The average molecular weight is 300 g/mol. The zero-order valence-corrected chi connectivity index (χ0v) is 13.0. The molecule has 0 radical (unpaired) electrons. The molecule has 0 amide bonds. The molecule has 0 fully saturated rings. The summed E-state index contributed by atoms with van der Waals surface area (Å²) in [6.07, 6.45) is 2.05. The van der Waals surface area contributed by atoms with Gasteiger partial charge in [-0.1, -0.05) is 12.1 Å². The van der Waals surface area contributed by atoms with Crippen molar-refractivity contribution in [2.45, 2.75) is 18.0 Å². The summed E-state index contributed by atoms with van der Waals surface area (Å²) >= 11 is 1.71. The van der Waals surface area contributed by atoms with Gasteiger partial charge in [0.05, 0.1) is 11.6 Å². The largest absolute Gasteiger partial charge is 0.298 e. The van der Waals surface area contributed by atoms with Gasteiger partial charge in [0.15, 0.2) is 0 Å². The molecular formula is C17H17FN2S. The number of nitrogens with zero attached hydrogens (tertiary/aromatic N) is 2. The third-order valence-corrected chi connectivity index (χ3v) is 3.97. The predicted octanol–water partition coefficient (Wildman–Crippen LogP) is 4.05. The fourth-order valence-corrected chi connectivity index (χ4v) is 2.56. The summed E-state index contributed by atoms with van der Waals surface area (Å²) in [4.78, 5) is 3.27. The van der Waals surface area contributed by atoms with Gasteiger partial charge in [0.25, 0.3) is 0 Å². The molecule has 0 heterocycles. The second kappa shape index (κ2) is 7.26. The molecule has 0 aromatic heterocycles. The fourth-order valence-electron chi connectivity index (χ4n) is 2.15. The highest BCUT2D eigenvalue weighted by Crippen LogP contribution is 2.17. The number of hydrogen-bond donors (Lipinski definition) is 0. The van der Waals surface area contributed by atoms with Crippen molar-refractivity contribution in [3.05, 3.63) is 65.0 Å². The first-order chi connectivity index (χ1) is 10.1. The van der Waals surface area contributed by atoms with Crippen LogP contribution in [0.3, 0.4) is 0 Å². The van der Waals surface area contributed by atoms with E-state index >= 15 is 0 Å². The molecule has 2 nitrogen and oxygen atoms in total. The van der Waals surface area contributed by atoms with Gasteiger partial charge in [0.1, 0.15) is 5.82 Å². The molecule has 2 aromatic rings. The monoisotopic (exact) mass is 300 g/mol. The molecule has 0 bridgehead atoms. The first-order valence-electron chi connectivity index (χ1n) is 6.62. The zero-order valence-electron chi connectivity index (χ0n) is 12.1. The maximum absolute atomic E-state index is 13.8. The Bertz CT molecular complexity index is 647. The Kier molecular flexibility index (Phi) is 5.38.